The molecule has 3 rings (SSSR count). The average Bonchev–Trinajstić information content (AvgIpc) is 2.84. The van der Waals surface area contributed by atoms with Gasteiger partial charge in [-0.05, 0) is 49.9 Å². The SMILES string of the molecule is CC(CC(=O)N1CCCCCC1)Nc1ccc2c(c1)CCC(=O)N2. The van der Waals surface area contributed by atoms with Crippen LogP contribution in [0.2, 0.25) is 0 Å². The second kappa shape index (κ2) is 7.69. The molecule has 2 N–H and O–H groups in total. The molecule has 130 valence electrons. The fourth-order valence-electron chi connectivity index (χ4n) is 3.52. The Hall–Kier alpha value is -2.04. The maximum Gasteiger partial charge on any atom is 0.224 e. The molecule has 1 atom stereocenters. The van der Waals surface area contributed by atoms with Crippen LogP contribution in [0.25, 0.3) is 0 Å². The molecule has 24 heavy (non-hydrogen) atoms. The van der Waals surface area contributed by atoms with Crippen molar-refractivity contribution >= 4 is 23.2 Å². The van der Waals surface area contributed by atoms with Crippen molar-refractivity contribution in [3.05, 3.63) is 23.8 Å². The molecular weight excluding hydrogens is 302 g/mol. The molecule has 2 aliphatic heterocycles. The molecule has 0 saturated carbocycles. The number of amides is 2. The van der Waals surface area contributed by atoms with Gasteiger partial charge < -0.3 is 15.5 Å². The monoisotopic (exact) mass is 329 g/mol. The lowest BCUT2D eigenvalue weighted by Gasteiger charge is -2.24. The van der Waals surface area contributed by atoms with E-state index < -0.39 is 0 Å². The molecule has 2 aliphatic rings. The van der Waals surface area contributed by atoms with E-state index in [1.54, 1.807) is 0 Å². The van der Waals surface area contributed by atoms with Gasteiger partial charge in [-0.2, -0.15) is 0 Å². The van der Waals surface area contributed by atoms with Crippen LogP contribution in [-0.4, -0.2) is 35.8 Å². The predicted molar refractivity (Wildman–Crippen MR) is 96.1 cm³/mol. The van der Waals surface area contributed by atoms with Crippen molar-refractivity contribution in [3.8, 4) is 0 Å². The number of hydrogen-bond acceptors (Lipinski definition) is 3. The maximum absolute atomic E-state index is 12.5. The number of anilines is 2. The van der Waals surface area contributed by atoms with Gasteiger partial charge in [-0.15, -0.1) is 0 Å². The van der Waals surface area contributed by atoms with Gasteiger partial charge in [0.25, 0.3) is 0 Å². The number of carbonyl (C=O) groups is 2. The van der Waals surface area contributed by atoms with E-state index in [0.29, 0.717) is 12.8 Å². The van der Waals surface area contributed by atoms with E-state index in [4.69, 9.17) is 0 Å². The largest absolute Gasteiger partial charge is 0.382 e. The zero-order valence-electron chi connectivity index (χ0n) is 14.4. The molecule has 2 heterocycles. The molecule has 1 unspecified atom stereocenters. The van der Waals surface area contributed by atoms with Crippen molar-refractivity contribution < 1.29 is 9.59 Å². The first-order valence-electron chi connectivity index (χ1n) is 9.09. The van der Waals surface area contributed by atoms with Crippen LogP contribution in [0, 0.1) is 0 Å². The number of fused-ring (bicyclic) bond motifs is 1. The summed E-state index contributed by atoms with van der Waals surface area (Å²) in [6, 6.07) is 6.09. The normalized spacial score (nSPS) is 19.0. The lowest BCUT2D eigenvalue weighted by Crippen LogP contribution is -2.35. The number of benzene rings is 1. The zero-order valence-corrected chi connectivity index (χ0v) is 14.4. The molecule has 0 aliphatic carbocycles. The molecule has 1 saturated heterocycles. The summed E-state index contributed by atoms with van der Waals surface area (Å²) in [6.07, 6.45) is 6.58. The zero-order chi connectivity index (χ0) is 16.9. The fraction of sp³-hybridized carbons (Fsp3) is 0.579. The molecule has 5 nitrogen and oxygen atoms in total. The number of carbonyl (C=O) groups excluding carboxylic acids is 2. The summed E-state index contributed by atoms with van der Waals surface area (Å²) in [5.74, 6) is 0.335. The molecule has 0 radical (unpaired) electrons. The van der Waals surface area contributed by atoms with E-state index in [1.165, 1.54) is 12.8 Å². The minimum absolute atomic E-state index is 0.0830. The van der Waals surface area contributed by atoms with Gasteiger partial charge in [0.15, 0.2) is 0 Å². The van der Waals surface area contributed by atoms with E-state index in [9.17, 15) is 9.59 Å². The van der Waals surface area contributed by atoms with E-state index in [0.717, 1.165) is 49.3 Å². The fourth-order valence-corrected chi connectivity index (χ4v) is 3.52. The van der Waals surface area contributed by atoms with Crippen LogP contribution >= 0.6 is 0 Å². The van der Waals surface area contributed by atoms with E-state index in [1.807, 2.05) is 17.0 Å². The first-order chi connectivity index (χ1) is 11.6. The van der Waals surface area contributed by atoms with Gasteiger partial charge in [0, 0.05) is 43.3 Å². The van der Waals surface area contributed by atoms with Crippen LogP contribution in [0.3, 0.4) is 0 Å². The number of likely N-dealkylation sites (tertiary alicyclic amines) is 1. The molecule has 0 aromatic heterocycles. The van der Waals surface area contributed by atoms with Crippen molar-refractivity contribution in [2.75, 3.05) is 23.7 Å². The summed E-state index contributed by atoms with van der Waals surface area (Å²) in [5.41, 5.74) is 3.08. The lowest BCUT2D eigenvalue weighted by atomic mass is 10.0. The molecule has 1 aromatic carbocycles. The second-order valence-corrected chi connectivity index (χ2v) is 6.96. The summed E-state index contributed by atoms with van der Waals surface area (Å²) >= 11 is 0. The van der Waals surface area contributed by atoms with Crippen LogP contribution in [0.4, 0.5) is 11.4 Å². The van der Waals surface area contributed by atoms with Crippen molar-refractivity contribution in [1.29, 1.82) is 0 Å². The van der Waals surface area contributed by atoms with Gasteiger partial charge in [-0.1, -0.05) is 12.8 Å². The summed E-state index contributed by atoms with van der Waals surface area (Å²) in [7, 11) is 0. The van der Waals surface area contributed by atoms with Crippen LogP contribution in [0.1, 0.15) is 51.0 Å². The molecular formula is C19H27N3O2. The highest BCUT2D eigenvalue weighted by Crippen LogP contribution is 2.26. The first-order valence-corrected chi connectivity index (χ1v) is 9.09. The standard InChI is InChI=1S/C19H27N3O2/c1-14(12-19(24)22-10-4-2-3-5-11-22)20-16-7-8-17-15(13-16)6-9-18(23)21-17/h7-8,13-14,20H,2-6,9-12H2,1H3,(H,21,23). The number of hydrogen-bond donors (Lipinski definition) is 2. The van der Waals surface area contributed by atoms with Gasteiger partial charge in [-0.25, -0.2) is 0 Å². The highest BCUT2D eigenvalue weighted by molar-refractivity contribution is 5.94. The van der Waals surface area contributed by atoms with E-state index >= 15 is 0 Å². The van der Waals surface area contributed by atoms with Crippen LogP contribution in [-0.2, 0) is 16.0 Å². The number of aryl methyl sites for hydroxylation is 1. The Labute approximate surface area is 143 Å². The van der Waals surface area contributed by atoms with Crippen molar-refractivity contribution in [2.24, 2.45) is 0 Å². The van der Waals surface area contributed by atoms with Gasteiger partial charge in [0.1, 0.15) is 0 Å². The topological polar surface area (TPSA) is 61.4 Å². The van der Waals surface area contributed by atoms with E-state index in [2.05, 4.69) is 23.6 Å². The van der Waals surface area contributed by atoms with Crippen LogP contribution in [0.15, 0.2) is 18.2 Å². The highest BCUT2D eigenvalue weighted by Gasteiger charge is 2.19. The molecule has 5 heteroatoms. The summed E-state index contributed by atoms with van der Waals surface area (Å²) in [4.78, 5) is 25.9. The predicted octanol–water partition coefficient (Wildman–Crippen LogP) is 3.16. The Morgan fingerprint density at radius 3 is 2.71 bits per heavy atom. The van der Waals surface area contributed by atoms with Gasteiger partial charge >= 0.3 is 0 Å². The number of rotatable bonds is 4. The summed E-state index contributed by atoms with van der Waals surface area (Å²) < 4.78 is 0. The summed E-state index contributed by atoms with van der Waals surface area (Å²) in [5, 5.41) is 6.32. The Kier molecular flexibility index (Phi) is 5.38. The minimum Gasteiger partial charge on any atom is -0.382 e. The van der Waals surface area contributed by atoms with E-state index in [-0.39, 0.29) is 17.9 Å². The number of nitrogens with one attached hydrogen (secondary N) is 2. The third-order valence-corrected chi connectivity index (χ3v) is 4.85. The Bertz CT molecular complexity index is 607. The molecule has 0 spiro atoms. The molecule has 2 amide bonds. The van der Waals surface area contributed by atoms with Crippen molar-refractivity contribution in [1.82, 2.24) is 4.90 Å². The van der Waals surface area contributed by atoms with Gasteiger partial charge in [0.2, 0.25) is 11.8 Å². The maximum atomic E-state index is 12.5. The quantitative estimate of drug-likeness (QED) is 0.892. The van der Waals surface area contributed by atoms with Gasteiger partial charge in [0.05, 0.1) is 0 Å². The summed E-state index contributed by atoms with van der Waals surface area (Å²) in [6.45, 7) is 3.87. The molecule has 1 aromatic rings. The van der Waals surface area contributed by atoms with Crippen LogP contribution < -0.4 is 10.6 Å². The third-order valence-electron chi connectivity index (χ3n) is 4.85. The third kappa shape index (κ3) is 4.28. The first kappa shape index (κ1) is 16.8. The van der Waals surface area contributed by atoms with Crippen molar-refractivity contribution in [2.45, 2.75) is 57.9 Å². The minimum atomic E-state index is 0.0830. The Morgan fingerprint density at radius 1 is 1.21 bits per heavy atom. The number of nitrogens with zero attached hydrogens (tertiary/aromatic N) is 1. The molecule has 1 fully saturated rings. The molecule has 0 bridgehead atoms. The highest BCUT2D eigenvalue weighted by atomic mass is 16.2. The Balaban J connectivity index is 1.55. The average molecular weight is 329 g/mol. The smallest absolute Gasteiger partial charge is 0.224 e. The Morgan fingerprint density at radius 2 is 1.96 bits per heavy atom. The van der Waals surface area contributed by atoms with Gasteiger partial charge in [-0.3, -0.25) is 9.59 Å². The second-order valence-electron chi connectivity index (χ2n) is 6.96. The van der Waals surface area contributed by atoms with Crippen molar-refractivity contribution in [3.63, 3.8) is 0 Å². The van der Waals surface area contributed by atoms with Crippen LogP contribution in [0.5, 0.6) is 0 Å². The lowest BCUT2D eigenvalue weighted by molar-refractivity contribution is -0.131.